The maximum Gasteiger partial charge on any atom is 0.269 e. The topological polar surface area (TPSA) is 127 Å². The van der Waals surface area contributed by atoms with Gasteiger partial charge >= 0.3 is 0 Å². The maximum absolute atomic E-state index is 10.6. The van der Waals surface area contributed by atoms with Gasteiger partial charge in [-0.15, -0.1) is 0 Å². The summed E-state index contributed by atoms with van der Waals surface area (Å²) in [5.74, 6) is 0. The summed E-state index contributed by atoms with van der Waals surface area (Å²) in [6, 6.07) is 10.3. The van der Waals surface area contributed by atoms with Crippen molar-refractivity contribution in [1.29, 1.82) is 0 Å². The predicted molar refractivity (Wildman–Crippen MR) is 76.1 cm³/mol. The Morgan fingerprint density at radius 2 is 0.955 bits per heavy atom. The van der Waals surface area contributed by atoms with E-state index in [2.05, 4.69) is 0 Å². The number of nitrogens with zero attached hydrogens (tertiary/aromatic N) is 2. The van der Waals surface area contributed by atoms with Gasteiger partial charge in [0, 0.05) is 24.3 Å². The third-order valence-electron chi connectivity index (χ3n) is 3.19. The minimum absolute atomic E-state index is 0.124. The van der Waals surface area contributed by atoms with Crippen molar-refractivity contribution in [3.8, 4) is 0 Å². The molecule has 2 rings (SSSR count). The van der Waals surface area contributed by atoms with Gasteiger partial charge in [-0.2, -0.15) is 0 Å². The van der Waals surface area contributed by atoms with E-state index in [9.17, 15) is 30.4 Å². The van der Waals surface area contributed by atoms with Crippen molar-refractivity contribution in [3.05, 3.63) is 79.9 Å². The van der Waals surface area contributed by atoms with Crippen LogP contribution in [-0.4, -0.2) is 20.1 Å². The van der Waals surface area contributed by atoms with E-state index in [-0.39, 0.29) is 11.4 Å². The van der Waals surface area contributed by atoms with Crippen LogP contribution < -0.4 is 0 Å². The van der Waals surface area contributed by atoms with Crippen molar-refractivity contribution in [2.45, 2.75) is 12.2 Å². The molecule has 0 saturated carbocycles. The highest BCUT2D eigenvalue weighted by atomic mass is 16.6. The molecule has 8 heteroatoms. The van der Waals surface area contributed by atoms with E-state index in [0.717, 1.165) is 0 Å². The molecule has 0 aliphatic heterocycles. The molecule has 0 saturated heterocycles. The first-order valence-corrected chi connectivity index (χ1v) is 6.25. The Labute approximate surface area is 124 Å². The van der Waals surface area contributed by atoms with Crippen LogP contribution in [0, 0.1) is 20.2 Å². The first-order valence-electron chi connectivity index (χ1n) is 6.25. The third kappa shape index (κ3) is 3.25. The lowest BCUT2D eigenvalue weighted by molar-refractivity contribution is -0.385. The molecule has 2 aromatic rings. The molecule has 0 aromatic heterocycles. The molecule has 2 aromatic carbocycles. The van der Waals surface area contributed by atoms with Crippen LogP contribution in [0.3, 0.4) is 0 Å². The predicted octanol–water partition coefficient (Wildman–Crippen LogP) is 2.27. The molecular weight excluding hydrogens is 292 g/mol. The van der Waals surface area contributed by atoms with E-state index in [1.807, 2.05) is 0 Å². The number of aliphatic hydroxyl groups excluding tert-OH is 2. The minimum atomic E-state index is -1.30. The van der Waals surface area contributed by atoms with Gasteiger partial charge in [-0.25, -0.2) is 0 Å². The Morgan fingerprint density at radius 1 is 0.682 bits per heavy atom. The fourth-order valence-electron chi connectivity index (χ4n) is 1.95. The minimum Gasteiger partial charge on any atom is -0.385 e. The molecule has 2 unspecified atom stereocenters. The third-order valence-corrected chi connectivity index (χ3v) is 3.19. The van der Waals surface area contributed by atoms with Crippen molar-refractivity contribution in [2.75, 3.05) is 0 Å². The molecule has 0 aliphatic carbocycles. The van der Waals surface area contributed by atoms with E-state index in [1.54, 1.807) is 0 Å². The zero-order valence-electron chi connectivity index (χ0n) is 11.2. The average Bonchev–Trinajstić information content (AvgIpc) is 2.53. The molecule has 2 N–H and O–H groups in total. The van der Waals surface area contributed by atoms with Crippen molar-refractivity contribution in [2.24, 2.45) is 0 Å². The summed E-state index contributed by atoms with van der Waals surface area (Å²) in [7, 11) is 0. The Balaban J connectivity index is 2.18. The van der Waals surface area contributed by atoms with Gasteiger partial charge in [0.1, 0.15) is 12.2 Å². The fourth-order valence-corrected chi connectivity index (χ4v) is 1.95. The van der Waals surface area contributed by atoms with Crippen molar-refractivity contribution < 1.29 is 20.1 Å². The molecule has 0 fully saturated rings. The summed E-state index contributed by atoms with van der Waals surface area (Å²) in [5.41, 5.74) is 0.356. The summed E-state index contributed by atoms with van der Waals surface area (Å²) in [5, 5.41) is 41.3. The van der Waals surface area contributed by atoms with Gasteiger partial charge in [-0.1, -0.05) is 0 Å². The highest BCUT2D eigenvalue weighted by Crippen LogP contribution is 2.30. The number of nitro groups is 2. The van der Waals surface area contributed by atoms with E-state index in [0.29, 0.717) is 11.1 Å². The van der Waals surface area contributed by atoms with Gasteiger partial charge in [0.05, 0.1) is 9.85 Å². The number of aliphatic hydroxyl groups is 2. The van der Waals surface area contributed by atoms with Gasteiger partial charge < -0.3 is 10.2 Å². The standard InChI is InChI=1S/C14H12N2O6/c17-13(9-1-5-11(6-2-9)15(19)20)14(18)10-3-7-12(8-4-10)16(21)22/h1-8,13-14,17-18H. The molecule has 0 amide bonds. The highest BCUT2D eigenvalue weighted by molar-refractivity contribution is 5.37. The Morgan fingerprint density at radius 3 is 1.18 bits per heavy atom. The Bertz CT molecular complexity index is 622. The van der Waals surface area contributed by atoms with Crippen LogP contribution in [-0.2, 0) is 0 Å². The maximum atomic E-state index is 10.6. The van der Waals surface area contributed by atoms with Gasteiger partial charge in [0.2, 0.25) is 0 Å². The number of nitro benzene ring substituents is 2. The van der Waals surface area contributed by atoms with Gasteiger partial charge in [-0.3, -0.25) is 20.2 Å². The summed E-state index contributed by atoms with van der Waals surface area (Å²) >= 11 is 0. The lowest BCUT2D eigenvalue weighted by Crippen LogP contribution is -2.10. The number of hydrogen-bond donors (Lipinski definition) is 2. The fraction of sp³-hybridized carbons (Fsp3) is 0.143. The SMILES string of the molecule is O=[N+]([O-])c1ccc(C(O)C(O)c2ccc([N+](=O)[O-])cc2)cc1. The summed E-state index contributed by atoms with van der Waals surface area (Å²) in [4.78, 5) is 20.0. The van der Waals surface area contributed by atoms with Crippen LogP contribution in [0.5, 0.6) is 0 Å². The Hall–Kier alpha value is -2.84. The molecule has 0 radical (unpaired) electrons. The zero-order chi connectivity index (χ0) is 16.3. The second-order valence-corrected chi connectivity index (χ2v) is 4.59. The van der Waals surface area contributed by atoms with Gasteiger partial charge in [0.15, 0.2) is 0 Å². The van der Waals surface area contributed by atoms with Crippen molar-refractivity contribution in [3.63, 3.8) is 0 Å². The average molecular weight is 304 g/mol. The number of non-ortho nitro benzene ring substituents is 2. The number of rotatable bonds is 5. The van der Waals surface area contributed by atoms with Crippen molar-refractivity contribution in [1.82, 2.24) is 0 Å². The molecule has 0 aliphatic rings. The molecular formula is C14H12N2O6. The van der Waals surface area contributed by atoms with E-state index < -0.39 is 22.1 Å². The van der Waals surface area contributed by atoms with Crippen LogP contribution in [0.4, 0.5) is 11.4 Å². The second kappa shape index (κ2) is 6.29. The smallest absolute Gasteiger partial charge is 0.269 e. The van der Waals surface area contributed by atoms with Crippen LogP contribution >= 0.6 is 0 Å². The molecule has 0 heterocycles. The first-order chi connectivity index (χ1) is 10.4. The summed E-state index contributed by atoms with van der Waals surface area (Å²) in [6.07, 6.45) is -2.61. The number of benzene rings is 2. The summed E-state index contributed by atoms with van der Waals surface area (Å²) < 4.78 is 0. The van der Waals surface area contributed by atoms with Crippen LogP contribution in [0.2, 0.25) is 0 Å². The van der Waals surface area contributed by atoms with E-state index in [4.69, 9.17) is 0 Å². The summed E-state index contributed by atoms with van der Waals surface area (Å²) in [6.45, 7) is 0. The molecule has 22 heavy (non-hydrogen) atoms. The quantitative estimate of drug-likeness (QED) is 0.644. The lowest BCUT2D eigenvalue weighted by atomic mass is 9.98. The Kier molecular flexibility index (Phi) is 4.44. The molecule has 8 nitrogen and oxygen atoms in total. The van der Waals surface area contributed by atoms with Crippen LogP contribution in [0.15, 0.2) is 48.5 Å². The first kappa shape index (κ1) is 15.5. The zero-order valence-corrected chi connectivity index (χ0v) is 11.2. The lowest BCUT2D eigenvalue weighted by Gasteiger charge is -2.18. The normalized spacial score (nSPS) is 13.4. The largest absolute Gasteiger partial charge is 0.385 e. The van der Waals surface area contributed by atoms with E-state index in [1.165, 1.54) is 48.5 Å². The van der Waals surface area contributed by atoms with E-state index >= 15 is 0 Å². The van der Waals surface area contributed by atoms with Gasteiger partial charge in [0.25, 0.3) is 11.4 Å². The monoisotopic (exact) mass is 304 g/mol. The van der Waals surface area contributed by atoms with Gasteiger partial charge in [-0.05, 0) is 35.4 Å². The van der Waals surface area contributed by atoms with Crippen molar-refractivity contribution >= 4 is 11.4 Å². The molecule has 2 atom stereocenters. The molecule has 114 valence electrons. The molecule has 0 spiro atoms. The van der Waals surface area contributed by atoms with Crippen LogP contribution in [0.1, 0.15) is 23.3 Å². The second-order valence-electron chi connectivity index (χ2n) is 4.59. The number of hydrogen-bond acceptors (Lipinski definition) is 6. The highest BCUT2D eigenvalue weighted by Gasteiger charge is 2.21. The van der Waals surface area contributed by atoms with Crippen LogP contribution in [0.25, 0.3) is 0 Å². The molecule has 0 bridgehead atoms.